The van der Waals surface area contributed by atoms with Gasteiger partial charge in [0, 0.05) is 19.2 Å². The van der Waals surface area contributed by atoms with Gasteiger partial charge < -0.3 is 14.8 Å². The lowest BCUT2D eigenvalue weighted by Gasteiger charge is -2.20. The summed E-state index contributed by atoms with van der Waals surface area (Å²) in [5.41, 5.74) is 2.51. The zero-order valence-corrected chi connectivity index (χ0v) is 12.2. The van der Waals surface area contributed by atoms with Gasteiger partial charge in [-0.15, -0.1) is 0 Å². The van der Waals surface area contributed by atoms with Crippen LogP contribution in [0.15, 0.2) is 18.2 Å². The Morgan fingerprint density at radius 3 is 3.00 bits per heavy atom. The van der Waals surface area contributed by atoms with Gasteiger partial charge in [-0.3, -0.25) is 0 Å². The standard InChI is InChI=1S/C16H25NO2/c1-12-6-4-7-15(13(12)2)19-11-9-17-14(3)16-8-5-10-18-16/h4,6-7,14,16-17H,5,8-11H2,1-3H3. The van der Waals surface area contributed by atoms with Crippen molar-refractivity contribution >= 4 is 0 Å². The fourth-order valence-corrected chi connectivity index (χ4v) is 2.46. The largest absolute Gasteiger partial charge is 0.492 e. The topological polar surface area (TPSA) is 30.5 Å². The van der Waals surface area contributed by atoms with Crippen LogP contribution in [0, 0.1) is 13.8 Å². The molecule has 2 rings (SSSR count). The van der Waals surface area contributed by atoms with Gasteiger partial charge in [0.2, 0.25) is 0 Å². The van der Waals surface area contributed by atoms with Crippen LogP contribution in [-0.2, 0) is 4.74 Å². The molecule has 1 N–H and O–H groups in total. The molecule has 1 aromatic rings. The number of hydrogen-bond acceptors (Lipinski definition) is 3. The lowest BCUT2D eigenvalue weighted by molar-refractivity contribution is 0.0824. The minimum absolute atomic E-state index is 0.376. The quantitative estimate of drug-likeness (QED) is 0.801. The number of nitrogens with one attached hydrogen (secondary N) is 1. The molecule has 0 radical (unpaired) electrons. The van der Waals surface area contributed by atoms with Crippen molar-refractivity contribution in [2.75, 3.05) is 19.8 Å². The average molecular weight is 263 g/mol. The van der Waals surface area contributed by atoms with Crippen molar-refractivity contribution in [1.82, 2.24) is 5.32 Å². The Morgan fingerprint density at radius 2 is 2.26 bits per heavy atom. The highest BCUT2D eigenvalue weighted by molar-refractivity contribution is 5.38. The second kappa shape index (κ2) is 6.92. The Hall–Kier alpha value is -1.06. The Labute approximate surface area is 116 Å². The van der Waals surface area contributed by atoms with E-state index in [1.54, 1.807) is 0 Å². The molecule has 19 heavy (non-hydrogen) atoms. The molecule has 1 heterocycles. The van der Waals surface area contributed by atoms with Gasteiger partial charge in [0.1, 0.15) is 12.4 Å². The monoisotopic (exact) mass is 263 g/mol. The molecule has 0 spiro atoms. The molecule has 2 unspecified atom stereocenters. The zero-order valence-electron chi connectivity index (χ0n) is 12.2. The smallest absolute Gasteiger partial charge is 0.122 e. The van der Waals surface area contributed by atoms with E-state index in [1.807, 2.05) is 12.1 Å². The van der Waals surface area contributed by atoms with Crippen molar-refractivity contribution in [1.29, 1.82) is 0 Å². The molecule has 0 bridgehead atoms. The molecular formula is C16H25NO2. The van der Waals surface area contributed by atoms with Crippen LogP contribution < -0.4 is 10.1 Å². The average Bonchev–Trinajstić information content (AvgIpc) is 2.93. The first-order chi connectivity index (χ1) is 9.18. The van der Waals surface area contributed by atoms with Gasteiger partial charge in [0.15, 0.2) is 0 Å². The van der Waals surface area contributed by atoms with Gasteiger partial charge in [-0.1, -0.05) is 12.1 Å². The van der Waals surface area contributed by atoms with Gasteiger partial charge in [-0.2, -0.15) is 0 Å². The molecule has 1 aliphatic rings. The van der Waals surface area contributed by atoms with Gasteiger partial charge in [0.25, 0.3) is 0 Å². The second-order valence-corrected chi connectivity index (χ2v) is 5.34. The molecule has 1 aromatic carbocycles. The van der Waals surface area contributed by atoms with Crippen LogP contribution in [0.2, 0.25) is 0 Å². The van der Waals surface area contributed by atoms with E-state index in [-0.39, 0.29) is 0 Å². The molecule has 1 fully saturated rings. The minimum Gasteiger partial charge on any atom is -0.492 e. The van der Waals surface area contributed by atoms with E-state index in [0.717, 1.165) is 18.9 Å². The molecule has 0 amide bonds. The number of aryl methyl sites for hydroxylation is 1. The molecule has 1 saturated heterocycles. The Kier molecular flexibility index (Phi) is 5.23. The summed E-state index contributed by atoms with van der Waals surface area (Å²) in [6, 6.07) is 6.59. The third kappa shape index (κ3) is 3.95. The van der Waals surface area contributed by atoms with Crippen molar-refractivity contribution in [3.05, 3.63) is 29.3 Å². The molecule has 2 atom stereocenters. The molecule has 3 nitrogen and oxygen atoms in total. The predicted octanol–water partition coefficient (Wildman–Crippen LogP) is 2.84. The van der Waals surface area contributed by atoms with Gasteiger partial charge in [-0.05, 0) is 50.8 Å². The number of ether oxygens (including phenoxy) is 2. The third-order valence-electron chi connectivity index (χ3n) is 3.90. The van der Waals surface area contributed by atoms with Gasteiger partial charge >= 0.3 is 0 Å². The second-order valence-electron chi connectivity index (χ2n) is 5.34. The lowest BCUT2D eigenvalue weighted by atomic mass is 10.1. The molecule has 0 saturated carbocycles. The van der Waals surface area contributed by atoms with Crippen LogP contribution in [0.5, 0.6) is 5.75 Å². The van der Waals surface area contributed by atoms with E-state index in [9.17, 15) is 0 Å². The van der Waals surface area contributed by atoms with Crippen molar-refractivity contribution in [3.63, 3.8) is 0 Å². The van der Waals surface area contributed by atoms with Gasteiger partial charge in [0.05, 0.1) is 6.10 Å². The third-order valence-corrected chi connectivity index (χ3v) is 3.90. The zero-order chi connectivity index (χ0) is 13.7. The SMILES string of the molecule is Cc1cccc(OCCNC(C)C2CCCO2)c1C. The highest BCUT2D eigenvalue weighted by Gasteiger charge is 2.21. The fourth-order valence-electron chi connectivity index (χ4n) is 2.46. The van der Waals surface area contributed by atoms with Crippen LogP contribution in [0.1, 0.15) is 30.9 Å². The van der Waals surface area contributed by atoms with E-state index < -0.39 is 0 Å². The van der Waals surface area contributed by atoms with Crippen LogP contribution in [-0.4, -0.2) is 31.9 Å². The first kappa shape index (κ1) is 14.4. The van der Waals surface area contributed by atoms with Crippen LogP contribution in [0.4, 0.5) is 0 Å². The van der Waals surface area contributed by atoms with E-state index in [2.05, 4.69) is 32.2 Å². The van der Waals surface area contributed by atoms with Crippen molar-refractivity contribution in [3.8, 4) is 5.75 Å². The number of hydrogen-bond donors (Lipinski definition) is 1. The summed E-state index contributed by atoms with van der Waals surface area (Å²) in [5, 5.41) is 3.48. The first-order valence-corrected chi connectivity index (χ1v) is 7.22. The summed E-state index contributed by atoms with van der Waals surface area (Å²) < 4.78 is 11.5. The summed E-state index contributed by atoms with van der Waals surface area (Å²) in [5.74, 6) is 0.992. The molecule has 0 aliphatic carbocycles. The van der Waals surface area contributed by atoms with E-state index >= 15 is 0 Å². The Morgan fingerprint density at radius 1 is 1.42 bits per heavy atom. The first-order valence-electron chi connectivity index (χ1n) is 7.22. The Balaban J connectivity index is 1.70. The maximum Gasteiger partial charge on any atom is 0.122 e. The minimum atomic E-state index is 0.376. The summed E-state index contributed by atoms with van der Waals surface area (Å²) in [4.78, 5) is 0. The molecule has 3 heteroatoms. The Bertz CT molecular complexity index is 400. The van der Waals surface area contributed by atoms with Crippen molar-refractivity contribution in [2.24, 2.45) is 0 Å². The molecule has 1 aliphatic heterocycles. The predicted molar refractivity (Wildman–Crippen MR) is 77.8 cm³/mol. The fraction of sp³-hybridized carbons (Fsp3) is 0.625. The van der Waals surface area contributed by atoms with E-state index in [0.29, 0.717) is 18.8 Å². The summed E-state index contributed by atoms with van der Waals surface area (Å²) in [6.07, 6.45) is 2.74. The van der Waals surface area contributed by atoms with Crippen LogP contribution in [0.3, 0.4) is 0 Å². The molecular weight excluding hydrogens is 238 g/mol. The van der Waals surface area contributed by atoms with E-state index in [1.165, 1.54) is 24.0 Å². The molecule has 106 valence electrons. The number of benzene rings is 1. The van der Waals surface area contributed by atoms with Gasteiger partial charge in [-0.25, -0.2) is 0 Å². The number of rotatable bonds is 6. The highest BCUT2D eigenvalue weighted by atomic mass is 16.5. The summed E-state index contributed by atoms with van der Waals surface area (Å²) >= 11 is 0. The lowest BCUT2D eigenvalue weighted by Crippen LogP contribution is -2.39. The summed E-state index contributed by atoms with van der Waals surface area (Å²) in [6.45, 7) is 8.87. The van der Waals surface area contributed by atoms with Crippen LogP contribution in [0.25, 0.3) is 0 Å². The maximum absolute atomic E-state index is 5.83. The van der Waals surface area contributed by atoms with Crippen LogP contribution >= 0.6 is 0 Å². The maximum atomic E-state index is 5.83. The summed E-state index contributed by atoms with van der Waals surface area (Å²) in [7, 11) is 0. The van der Waals surface area contributed by atoms with Crippen molar-refractivity contribution in [2.45, 2.75) is 45.8 Å². The normalized spacial score (nSPS) is 20.5. The van der Waals surface area contributed by atoms with E-state index in [4.69, 9.17) is 9.47 Å². The molecule has 0 aromatic heterocycles. The van der Waals surface area contributed by atoms with Crippen molar-refractivity contribution < 1.29 is 9.47 Å². The highest BCUT2D eigenvalue weighted by Crippen LogP contribution is 2.20.